The minimum atomic E-state index is -0.671. The summed E-state index contributed by atoms with van der Waals surface area (Å²) in [5, 5.41) is 8.96. The average molecular weight is 211 g/mol. The molecule has 0 aromatic heterocycles. The van der Waals surface area contributed by atoms with Crippen molar-refractivity contribution in [1.82, 2.24) is 4.90 Å². The van der Waals surface area contributed by atoms with E-state index in [0.717, 1.165) is 24.9 Å². The van der Waals surface area contributed by atoms with E-state index in [-0.39, 0.29) is 17.9 Å². The molecule has 1 saturated carbocycles. The fourth-order valence-corrected chi connectivity index (χ4v) is 2.84. The van der Waals surface area contributed by atoms with Gasteiger partial charge in [-0.2, -0.15) is 0 Å². The van der Waals surface area contributed by atoms with E-state index in [1.54, 1.807) is 0 Å². The zero-order chi connectivity index (χ0) is 11.2. The fraction of sp³-hybridized carbons (Fsp3) is 0.917. The first-order valence-corrected chi connectivity index (χ1v) is 5.84. The molecule has 3 unspecified atom stereocenters. The number of rotatable bonds is 3. The van der Waals surface area contributed by atoms with E-state index in [1.165, 1.54) is 6.42 Å². The highest BCUT2D eigenvalue weighted by molar-refractivity contribution is 5.67. The van der Waals surface area contributed by atoms with Crippen LogP contribution in [-0.4, -0.2) is 35.1 Å². The highest BCUT2D eigenvalue weighted by Crippen LogP contribution is 2.47. The van der Waals surface area contributed by atoms with Crippen LogP contribution in [0.4, 0.5) is 0 Å². The predicted molar refractivity (Wildman–Crippen MR) is 58.7 cm³/mol. The van der Waals surface area contributed by atoms with E-state index in [0.29, 0.717) is 0 Å². The molecular weight excluding hydrogens is 190 g/mol. The maximum absolute atomic E-state index is 10.9. The lowest BCUT2D eigenvalue weighted by molar-refractivity contribution is -0.139. The van der Waals surface area contributed by atoms with Crippen molar-refractivity contribution in [1.29, 1.82) is 0 Å². The molecule has 3 atom stereocenters. The Morgan fingerprint density at radius 3 is 2.33 bits per heavy atom. The number of likely N-dealkylation sites (tertiary alicyclic amines) is 1. The topological polar surface area (TPSA) is 40.5 Å². The van der Waals surface area contributed by atoms with Crippen molar-refractivity contribution in [3.05, 3.63) is 0 Å². The number of aliphatic carboxylic acids is 1. The van der Waals surface area contributed by atoms with Gasteiger partial charge in [0.2, 0.25) is 0 Å². The number of carboxylic acids is 1. The minimum Gasteiger partial charge on any atom is -0.481 e. The molecule has 2 aliphatic rings. The third-order valence-electron chi connectivity index (χ3n) is 3.82. The molecule has 0 bridgehead atoms. The normalized spacial score (nSPS) is 32.5. The number of hydrogen-bond donors (Lipinski definition) is 1. The van der Waals surface area contributed by atoms with Gasteiger partial charge in [0.1, 0.15) is 0 Å². The zero-order valence-electron chi connectivity index (χ0n) is 9.86. The van der Waals surface area contributed by atoms with Gasteiger partial charge in [0.15, 0.2) is 0 Å². The van der Waals surface area contributed by atoms with Gasteiger partial charge >= 0.3 is 5.97 Å². The van der Waals surface area contributed by atoms with E-state index in [2.05, 4.69) is 25.7 Å². The first-order valence-electron chi connectivity index (χ1n) is 5.84. The molecule has 3 nitrogen and oxygen atoms in total. The maximum atomic E-state index is 10.9. The van der Waals surface area contributed by atoms with E-state index in [4.69, 9.17) is 5.11 Å². The largest absolute Gasteiger partial charge is 0.481 e. The lowest BCUT2D eigenvalue weighted by Gasteiger charge is -2.38. The fourth-order valence-electron chi connectivity index (χ4n) is 2.84. The second-order valence-corrected chi connectivity index (χ2v) is 6.19. The monoisotopic (exact) mass is 211 g/mol. The van der Waals surface area contributed by atoms with Gasteiger partial charge in [-0.15, -0.1) is 0 Å². The summed E-state index contributed by atoms with van der Waals surface area (Å²) in [7, 11) is 0. The SMILES string of the molecule is CC(C)(C)C(CC(=O)O)N1CC2CC2C1. The molecule has 15 heavy (non-hydrogen) atoms. The molecule has 0 spiro atoms. The molecule has 0 radical (unpaired) electrons. The molecule has 3 heteroatoms. The zero-order valence-corrected chi connectivity index (χ0v) is 9.86. The Morgan fingerprint density at radius 1 is 1.40 bits per heavy atom. The van der Waals surface area contributed by atoms with Crippen molar-refractivity contribution < 1.29 is 9.90 Å². The Bertz CT molecular complexity index is 259. The van der Waals surface area contributed by atoms with Crippen LogP contribution in [0.15, 0.2) is 0 Å². The number of piperidine rings is 1. The third-order valence-corrected chi connectivity index (χ3v) is 3.82. The van der Waals surface area contributed by atoms with Crippen LogP contribution in [0.3, 0.4) is 0 Å². The van der Waals surface area contributed by atoms with Crippen molar-refractivity contribution in [3.8, 4) is 0 Å². The second-order valence-electron chi connectivity index (χ2n) is 6.19. The van der Waals surface area contributed by atoms with Crippen molar-refractivity contribution in [2.75, 3.05) is 13.1 Å². The predicted octanol–water partition coefficient (Wildman–Crippen LogP) is 1.83. The lowest BCUT2D eigenvalue weighted by atomic mass is 9.83. The van der Waals surface area contributed by atoms with Crippen LogP contribution in [0.25, 0.3) is 0 Å². The third kappa shape index (κ3) is 2.33. The van der Waals surface area contributed by atoms with Crippen LogP contribution in [0, 0.1) is 17.3 Å². The quantitative estimate of drug-likeness (QED) is 0.774. The van der Waals surface area contributed by atoms with Gasteiger partial charge in [-0.1, -0.05) is 20.8 Å². The van der Waals surface area contributed by atoms with Gasteiger partial charge in [0.05, 0.1) is 6.42 Å². The Labute approximate surface area is 91.5 Å². The summed E-state index contributed by atoms with van der Waals surface area (Å²) in [5.41, 5.74) is 0.0647. The van der Waals surface area contributed by atoms with Gasteiger partial charge in [-0.3, -0.25) is 9.69 Å². The maximum Gasteiger partial charge on any atom is 0.304 e. The Balaban J connectivity index is 2.01. The van der Waals surface area contributed by atoms with E-state index in [1.807, 2.05) is 0 Å². The molecule has 1 saturated heterocycles. The summed E-state index contributed by atoms with van der Waals surface area (Å²) >= 11 is 0. The van der Waals surface area contributed by atoms with Crippen LogP contribution in [0.2, 0.25) is 0 Å². The molecule has 86 valence electrons. The van der Waals surface area contributed by atoms with Crippen LogP contribution in [-0.2, 0) is 4.79 Å². The number of nitrogens with zero attached hydrogens (tertiary/aromatic N) is 1. The van der Waals surface area contributed by atoms with Crippen LogP contribution in [0.1, 0.15) is 33.6 Å². The summed E-state index contributed by atoms with van der Waals surface area (Å²) in [4.78, 5) is 13.3. The summed E-state index contributed by atoms with van der Waals surface area (Å²) in [6.07, 6.45) is 1.66. The number of fused-ring (bicyclic) bond motifs is 1. The van der Waals surface area contributed by atoms with Gasteiger partial charge in [-0.05, 0) is 23.7 Å². The number of carboxylic acid groups (broad SMARTS) is 1. The first-order chi connectivity index (χ1) is 6.88. The van der Waals surface area contributed by atoms with Gasteiger partial charge in [0.25, 0.3) is 0 Å². The molecule has 1 aliphatic carbocycles. The molecule has 1 heterocycles. The molecule has 0 aromatic carbocycles. The molecule has 2 rings (SSSR count). The average Bonchev–Trinajstić information content (AvgIpc) is 2.67. The smallest absolute Gasteiger partial charge is 0.304 e. The highest BCUT2D eigenvalue weighted by atomic mass is 16.4. The Morgan fingerprint density at radius 2 is 1.93 bits per heavy atom. The van der Waals surface area contributed by atoms with Crippen LogP contribution >= 0.6 is 0 Å². The van der Waals surface area contributed by atoms with E-state index in [9.17, 15) is 4.79 Å². The first kappa shape index (κ1) is 10.9. The molecule has 2 fully saturated rings. The summed E-state index contributed by atoms with van der Waals surface area (Å²) in [6.45, 7) is 8.68. The molecular formula is C12H21NO2. The standard InChI is InChI=1S/C12H21NO2/c1-12(2,3)10(5-11(14)15)13-6-8-4-9(8)7-13/h8-10H,4-7H2,1-3H3,(H,14,15). The van der Waals surface area contributed by atoms with Crippen LogP contribution < -0.4 is 0 Å². The molecule has 1 N–H and O–H groups in total. The van der Waals surface area contributed by atoms with Crippen LogP contribution in [0.5, 0.6) is 0 Å². The summed E-state index contributed by atoms with van der Waals surface area (Å²) < 4.78 is 0. The lowest BCUT2D eigenvalue weighted by Crippen LogP contribution is -2.45. The number of hydrogen-bond acceptors (Lipinski definition) is 2. The van der Waals surface area contributed by atoms with Gasteiger partial charge < -0.3 is 5.11 Å². The second kappa shape index (κ2) is 3.48. The van der Waals surface area contributed by atoms with Crippen molar-refractivity contribution in [2.24, 2.45) is 17.3 Å². The number of carbonyl (C=O) groups is 1. The van der Waals surface area contributed by atoms with Crippen molar-refractivity contribution in [3.63, 3.8) is 0 Å². The molecule has 0 amide bonds. The minimum absolute atomic E-state index is 0.0647. The molecule has 1 aliphatic heterocycles. The Hall–Kier alpha value is -0.570. The van der Waals surface area contributed by atoms with E-state index < -0.39 is 5.97 Å². The Kier molecular flexibility index (Phi) is 2.53. The highest BCUT2D eigenvalue weighted by Gasteiger charge is 2.48. The van der Waals surface area contributed by atoms with Crippen molar-refractivity contribution >= 4 is 5.97 Å². The van der Waals surface area contributed by atoms with Crippen molar-refractivity contribution in [2.45, 2.75) is 39.7 Å². The van der Waals surface area contributed by atoms with Gasteiger partial charge in [0, 0.05) is 19.1 Å². The summed E-state index contributed by atoms with van der Waals surface area (Å²) in [6, 6.07) is 0.197. The van der Waals surface area contributed by atoms with Gasteiger partial charge in [-0.25, -0.2) is 0 Å². The molecule has 0 aromatic rings. The van der Waals surface area contributed by atoms with E-state index >= 15 is 0 Å². The summed E-state index contributed by atoms with van der Waals surface area (Å²) in [5.74, 6) is 1.09.